The van der Waals surface area contributed by atoms with Crippen molar-refractivity contribution in [2.75, 3.05) is 0 Å². The van der Waals surface area contributed by atoms with Crippen LogP contribution in [0, 0.1) is 29.4 Å². The van der Waals surface area contributed by atoms with Crippen molar-refractivity contribution in [2.24, 2.45) is 17.8 Å². The van der Waals surface area contributed by atoms with Crippen LogP contribution in [0.4, 0.5) is 22.0 Å². The van der Waals surface area contributed by atoms with Crippen LogP contribution in [0.1, 0.15) is 114 Å². The largest absolute Gasteiger partial charge is 0.422 e. The lowest BCUT2D eigenvalue weighted by Gasteiger charge is -2.29. The normalized spacial score (nSPS) is 26.7. The summed E-state index contributed by atoms with van der Waals surface area (Å²) in [5, 5.41) is 0. The molecule has 0 spiro atoms. The second kappa shape index (κ2) is 12.4. The highest BCUT2D eigenvalue weighted by molar-refractivity contribution is 5.31. The Bertz CT molecular complexity index is 727. The van der Waals surface area contributed by atoms with Gasteiger partial charge >= 0.3 is 6.18 Å². The predicted molar refractivity (Wildman–Crippen MR) is 124 cm³/mol. The highest BCUT2D eigenvalue weighted by atomic mass is 19.4. The van der Waals surface area contributed by atoms with Gasteiger partial charge in [0.1, 0.15) is 17.2 Å². The smallest absolute Gasteiger partial charge is 0.206 e. The molecule has 0 N–H and O–H groups in total. The minimum atomic E-state index is -5.01. The fourth-order valence-corrected chi connectivity index (χ4v) is 5.76. The molecule has 2 saturated carbocycles. The summed E-state index contributed by atoms with van der Waals surface area (Å²) in [4.78, 5) is 0. The third-order valence-electron chi connectivity index (χ3n) is 7.85. The molecular formula is C28H39F5. The molecule has 186 valence electrons. The Labute approximate surface area is 196 Å². The zero-order valence-corrected chi connectivity index (χ0v) is 19.9. The van der Waals surface area contributed by atoms with E-state index in [-0.39, 0.29) is 5.92 Å². The number of halogens is 5. The molecular weight excluding hydrogens is 431 g/mol. The van der Waals surface area contributed by atoms with Crippen molar-refractivity contribution in [1.29, 1.82) is 0 Å². The Hall–Kier alpha value is -1.39. The Balaban J connectivity index is 1.40. The molecule has 33 heavy (non-hydrogen) atoms. The number of unbranched alkanes of at least 4 members (excludes halogenated alkanes) is 4. The average molecular weight is 471 g/mol. The minimum absolute atomic E-state index is 0.0753. The van der Waals surface area contributed by atoms with Crippen molar-refractivity contribution in [1.82, 2.24) is 0 Å². The zero-order chi connectivity index (χ0) is 23.8. The molecule has 0 aromatic heterocycles. The van der Waals surface area contributed by atoms with Gasteiger partial charge in [0.2, 0.25) is 0 Å². The molecule has 1 aromatic rings. The van der Waals surface area contributed by atoms with E-state index >= 15 is 0 Å². The van der Waals surface area contributed by atoms with Crippen molar-refractivity contribution in [2.45, 2.75) is 109 Å². The van der Waals surface area contributed by atoms with E-state index in [0.29, 0.717) is 17.4 Å². The van der Waals surface area contributed by atoms with E-state index in [1.165, 1.54) is 64.2 Å². The molecule has 0 nitrogen and oxygen atoms in total. The SMILES string of the molecule is CCCCCCCC1CCC(/C=C/C2CCC(c3cc(F)c(C(F)(F)F)c(F)c3)CC2)CC1. The van der Waals surface area contributed by atoms with E-state index in [1.807, 2.05) is 0 Å². The van der Waals surface area contributed by atoms with Gasteiger partial charge in [-0.05, 0) is 92.7 Å². The standard InChI is InChI=1S/C28H39F5/c1-2-3-4-5-6-7-20-8-10-21(11-9-20)12-13-22-14-16-23(17-15-22)24-18-25(29)27(26(30)19-24)28(31,32)33/h12-13,18-23H,2-11,14-17H2,1H3/b13-12+. The van der Waals surface area contributed by atoms with Crippen LogP contribution in [-0.2, 0) is 6.18 Å². The Morgan fingerprint density at radius 1 is 0.758 bits per heavy atom. The second-order valence-corrected chi connectivity index (χ2v) is 10.3. The molecule has 1 aromatic carbocycles. The number of benzene rings is 1. The lowest BCUT2D eigenvalue weighted by molar-refractivity contribution is -0.142. The van der Waals surface area contributed by atoms with E-state index < -0.39 is 23.4 Å². The molecule has 0 radical (unpaired) electrons. The summed E-state index contributed by atoms with van der Waals surface area (Å²) in [6.45, 7) is 2.25. The molecule has 2 aliphatic rings. The topological polar surface area (TPSA) is 0 Å². The van der Waals surface area contributed by atoms with Crippen molar-refractivity contribution < 1.29 is 22.0 Å². The summed E-state index contributed by atoms with van der Waals surface area (Å²) < 4.78 is 66.3. The summed E-state index contributed by atoms with van der Waals surface area (Å²) in [5.41, 5.74) is -1.43. The van der Waals surface area contributed by atoms with Crippen LogP contribution in [0.3, 0.4) is 0 Å². The maximum atomic E-state index is 13.9. The monoisotopic (exact) mass is 470 g/mol. The van der Waals surface area contributed by atoms with Gasteiger partial charge in [0, 0.05) is 0 Å². The lowest BCUT2D eigenvalue weighted by atomic mass is 9.76. The molecule has 0 aliphatic heterocycles. The van der Waals surface area contributed by atoms with Gasteiger partial charge in [0.15, 0.2) is 0 Å². The quantitative estimate of drug-likeness (QED) is 0.191. The molecule has 5 heteroatoms. The molecule has 2 aliphatic carbocycles. The molecule has 3 rings (SSSR count). The van der Waals surface area contributed by atoms with Crippen molar-refractivity contribution in [3.63, 3.8) is 0 Å². The van der Waals surface area contributed by atoms with Crippen molar-refractivity contribution in [3.8, 4) is 0 Å². The maximum Gasteiger partial charge on any atom is 0.422 e. The summed E-state index contributed by atoms with van der Waals surface area (Å²) >= 11 is 0. The maximum absolute atomic E-state index is 13.9. The first-order valence-electron chi connectivity index (χ1n) is 13.0. The van der Waals surface area contributed by atoms with E-state index in [1.54, 1.807) is 0 Å². The molecule has 0 bridgehead atoms. The Morgan fingerprint density at radius 2 is 1.27 bits per heavy atom. The second-order valence-electron chi connectivity index (χ2n) is 10.3. The van der Waals surface area contributed by atoms with Gasteiger partial charge in [-0.25, -0.2) is 8.78 Å². The van der Waals surface area contributed by atoms with Crippen LogP contribution in [0.2, 0.25) is 0 Å². The third-order valence-corrected chi connectivity index (χ3v) is 7.85. The Morgan fingerprint density at radius 3 is 1.79 bits per heavy atom. The summed E-state index contributed by atoms with van der Waals surface area (Å²) in [6, 6.07) is 1.77. The van der Waals surface area contributed by atoms with E-state index in [0.717, 1.165) is 43.7 Å². The lowest BCUT2D eigenvalue weighted by Crippen LogP contribution is -2.16. The number of rotatable bonds is 9. The third kappa shape index (κ3) is 7.82. The molecule has 0 saturated heterocycles. The van der Waals surface area contributed by atoms with Crippen LogP contribution in [0.25, 0.3) is 0 Å². The van der Waals surface area contributed by atoms with Crippen molar-refractivity contribution in [3.05, 3.63) is 47.0 Å². The van der Waals surface area contributed by atoms with Crippen molar-refractivity contribution >= 4 is 0 Å². The predicted octanol–water partition coefficient (Wildman–Crippen LogP) is 9.98. The van der Waals surface area contributed by atoms with Gasteiger partial charge in [-0.1, -0.05) is 57.6 Å². The van der Waals surface area contributed by atoms with Gasteiger partial charge in [-0.2, -0.15) is 13.2 Å². The molecule has 0 heterocycles. The van der Waals surface area contributed by atoms with Gasteiger partial charge < -0.3 is 0 Å². The summed E-state index contributed by atoms with van der Waals surface area (Å²) in [7, 11) is 0. The molecule has 2 fully saturated rings. The van der Waals surface area contributed by atoms with Crippen LogP contribution in [0.15, 0.2) is 24.3 Å². The van der Waals surface area contributed by atoms with Gasteiger partial charge in [0.25, 0.3) is 0 Å². The first-order chi connectivity index (χ1) is 15.8. The summed E-state index contributed by atoms with van der Waals surface area (Å²) in [5.74, 6) is -1.06. The van der Waals surface area contributed by atoms with Gasteiger partial charge in [-0.15, -0.1) is 0 Å². The number of alkyl halides is 3. The first kappa shape index (κ1) is 26.2. The minimum Gasteiger partial charge on any atom is -0.206 e. The molecule has 0 unspecified atom stereocenters. The highest BCUT2D eigenvalue weighted by Gasteiger charge is 2.38. The van der Waals surface area contributed by atoms with E-state index in [4.69, 9.17) is 0 Å². The number of hydrogen-bond acceptors (Lipinski definition) is 0. The van der Waals surface area contributed by atoms with E-state index in [9.17, 15) is 22.0 Å². The van der Waals surface area contributed by atoms with Gasteiger partial charge in [-0.3, -0.25) is 0 Å². The van der Waals surface area contributed by atoms with Crippen LogP contribution in [0.5, 0.6) is 0 Å². The first-order valence-corrected chi connectivity index (χ1v) is 13.0. The van der Waals surface area contributed by atoms with E-state index in [2.05, 4.69) is 19.1 Å². The number of allylic oxidation sites excluding steroid dienone is 2. The highest BCUT2D eigenvalue weighted by Crippen LogP contribution is 2.40. The molecule has 0 amide bonds. The van der Waals surface area contributed by atoms with Crippen LogP contribution in [-0.4, -0.2) is 0 Å². The zero-order valence-electron chi connectivity index (χ0n) is 19.9. The summed E-state index contributed by atoms with van der Waals surface area (Å²) in [6.07, 6.45) is 16.4. The fourth-order valence-electron chi connectivity index (χ4n) is 5.76. The number of hydrogen-bond donors (Lipinski definition) is 0. The fraction of sp³-hybridized carbons (Fsp3) is 0.714. The molecule has 0 atom stereocenters. The average Bonchev–Trinajstić information content (AvgIpc) is 2.77. The van der Waals surface area contributed by atoms with Gasteiger partial charge in [0.05, 0.1) is 0 Å². The Kier molecular flexibility index (Phi) is 9.81. The van der Waals surface area contributed by atoms with Crippen LogP contribution < -0.4 is 0 Å². The van der Waals surface area contributed by atoms with Crippen LogP contribution >= 0.6 is 0 Å².